The number of hydrogen-bond acceptors (Lipinski definition) is 3. The van der Waals surface area contributed by atoms with Gasteiger partial charge in [-0.15, -0.1) is 0 Å². The number of fused-ring (bicyclic) bond motifs is 1. The maximum absolute atomic E-state index is 11.3. The highest BCUT2D eigenvalue weighted by atomic mass is 16.6. The zero-order valence-corrected chi connectivity index (χ0v) is 9.54. The highest BCUT2D eigenvalue weighted by Crippen LogP contribution is 2.50. The molecule has 0 bridgehead atoms. The molecule has 2 atom stereocenters. The number of amides is 1. The van der Waals surface area contributed by atoms with Crippen molar-refractivity contribution in [2.24, 2.45) is 16.9 Å². The number of nitrogens with one attached hydrogen (secondary N) is 1. The van der Waals surface area contributed by atoms with Crippen LogP contribution in [-0.4, -0.2) is 17.4 Å². The van der Waals surface area contributed by atoms with Crippen LogP contribution < -0.4 is 5.43 Å². The Labute approximate surface area is 90.1 Å². The third-order valence-corrected chi connectivity index (χ3v) is 2.77. The van der Waals surface area contributed by atoms with Gasteiger partial charge in [0.15, 0.2) is 0 Å². The van der Waals surface area contributed by atoms with Crippen molar-refractivity contribution in [2.45, 2.75) is 45.6 Å². The fourth-order valence-electron chi connectivity index (χ4n) is 2.02. The largest absolute Gasteiger partial charge is 0.443 e. The number of hydrogen-bond donors (Lipinski definition) is 1. The molecule has 2 rings (SSSR count). The highest BCUT2D eigenvalue weighted by Gasteiger charge is 2.44. The monoisotopic (exact) mass is 210 g/mol. The van der Waals surface area contributed by atoms with Crippen LogP contribution in [0.15, 0.2) is 5.10 Å². The van der Waals surface area contributed by atoms with Gasteiger partial charge in [0, 0.05) is 5.71 Å². The van der Waals surface area contributed by atoms with Crippen LogP contribution in [0.3, 0.4) is 0 Å². The molecule has 84 valence electrons. The van der Waals surface area contributed by atoms with Crippen LogP contribution in [0.4, 0.5) is 4.79 Å². The summed E-state index contributed by atoms with van der Waals surface area (Å²) in [5, 5.41) is 4.08. The van der Waals surface area contributed by atoms with Crippen molar-refractivity contribution in [1.82, 2.24) is 5.43 Å². The molecule has 2 aliphatic rings. The number of carbonyl (C=O) groups is 1. The van der Waals surface area contributed by atoms with Crippen molar-refractivity contribution in [2.75, 3.05) is 0 Å². The quantitative estimate of drug-likeness (QED) is 0.675. The maximum Gasteiger partial charge on any atom is 0.428 e. The summed E-state index contributed by atoms with van der Waals surface area (Å²) < 4.78 is 5.08. The van der Waals surface area contributed by atoms with Gasteiger partial charge in [-0.05, 0) is 51.9 Å². The van der Waals surface area contributed by atoms with E-state index in [1.54, 1.807) is 0 Å². The third kappa shape index (κ3) is 2.94. The van der Waals surface area contributed by atoms with E-state index in [1.807, 2.05) is 20.8 Å². The molecule has 0 aromatic carbocycles. The van der Waals surface area contributed by atoms with E-state index in [-0.39, 0.29) is 0 Å². The SMILES string of the molecule is CC(C)(C)OC(=O)NN=C1CC2CC2C1. The van der Waals surface area contributed by atoms with Crippen LogP contribution in [0.1, 0.15) is 40.0 Å². The second-order valence-corrected chi connectivity index (χ2v) is 5.46. The summed E-state index contributed by atoms with van der Waals surface area (Å²) in [4.78, 5) is 11.3. The molecule has 2 aliphatic carbocycles. The number of rotatable bonds is 1. The Bertz CT molecular complexity index is 292. The van der Waals surface area contributed by atoms with Crippen LogP contribution in [0.25, 0.3) is 0 Å². The summed E-state index contributed by atoms with van der Waals surface area (Å²) in [7, 11) is 0. The fourth-order valence-corrected chi connectivity index (χ4v) is 2.02. The Morgan fingerprint density at radius 2 is 2.00 bits per heavy atom. The summed E-state index contributed by atoms with van der Waals surface area (Å²) in [6.07, 6.45) is 3.00. The highest BCUT2D eigenvalue weighted by molar-refractivity contribution is 5.89. The normalized spacial score (nSPS) is 28.3. The zero-order chi connectivity index (χ0) is 11.1. The molecular formula is C11H18N2O2. The number of carbonyl (C=O) groups excluding carboxylic acids is 1. The van der Waals surface area contributed by atoms with Gasteiger partial charge in [0.1, 0.15) is 5.60 Å². The molecule has 4 heteroatoms. The lowest BCUT2D eigenvalue weighted by Crippen LogP contribution is -2.30. The molecule has 2 fully saturated rings. The second kappa shape index (κ2) is 3.51. The van der Waals surface area contributed by atoms with E-state index in [4.69, 9.17) is 4.74 Å². The van der Waals surface area contributed by atoms with Crippen molar-refractivity contribution < 1.29 is 9.53 Å². The number of ether oxygens (including phenoxy) is 1. The van der Waals surface area contributed by atoms with Gasteiger partial charge in [-0.3, -0.25) is 0 Å². The van der Waals surface area contributed by atoms with Crippen LogP contribution in [0.2, 0.25) is 0 Å². The molecule has 0 aromatic rings. The Kier molecular flexibility index (Phi) is 2.44. The second-order valence-electron chi connectivity index (χ2n) is 5.46. The first-order chi connectivity index (χ1) is 6.94. The molecule has 2 saturated carbocycles. The summed E-state index contributed by atoms with van der Waals surface area (Å²) in [6.45, 7) is 5.51. The number of hydrazone groups is 1. The molecule has 0 aliphatic heterocycles. The maximum atomic E-state index is 11.3. The van der Waals surface area contributed by atoms with E-state index in [0.29, 0.717) is 0 Å². The Morgan fingerprint density at radius 1 is 1.40 bits per heavy atom. The molecular weight excluding hydrogens is 192 g/mol. The molecule has 1 amide bonds. The molecule has 0 heterocycles. The molecule has 0 aromatic heterocycles. The van der Waals surface area contributed by atoms with E-state index >= 15 is 0 Å². The molecule has 1 N–H and O–H groups in total. The average molecular weight is 210 g/mol. The molecule has 2 unspecified atom stereocenters. The van der Waals surface area contributed by atoms with Gasteiger partial charge in [0.05, 0.1) is 0 Å². The third-order valence-electron chi connectivity index (χ3n) is 2.77. The van der Waals surface area contributed by atoms with Crippen LogP contribution in [0.5, 0.6) is 0 Å². The van der Waals surface area contributed by atoms with Gasteiger partial charge < -0.3 is 4.74 Å². The molecule has 4 nitrogen and oxygen atoms in total. The minimum atomic E-state index is -0.462. The average Bonchev–Trinajstić information content (AvgIpc) is 2.68. The van der Waals surface area contributed by atoms with Crippen LogP contribution in [0, 0.1) is 11.8 Å². The fraction of sp³-hybridized carbons (Fsp3) is 0.818. The summed E-state index contributed by atoms with van der Waals surface area (Å²) in [5.41, 5.74) is 3.11. The Balaban J connectivity index is 1.75. The summed E-state index contributed by atoms with van der Waals surface area (Å²) >= 11 is 0. The van der Waals surface area contributed by atoms with E-state index in [9.17, 15) is 4.79 Å². The Morgan fingerprint density at radius 3 is 2.53 bits per heavy atom. The van der Waals surface area contributed by atoms with Crippen molar-refractivity contribution in [3.8, 4) is 0 Å². The number of nitrogens with zero attached hydrogens (tertiary/aromatic N) is 1. The molecule has 15 heavy (non-hydrogen) atoms. The van der Waals surface area contributed by atoms with Crippen molar-refractivity contribution in [3.63, 3.8) is 0 Å². The van der Waals surface area contributed by atoms with E-state index < -0.39 is 11.7 Å². The molecule has 0 spiro atoms. The van der Waals surface area contributed by atoms with Crippen LogP contribution >= 0.6 is 0 Å². The van der Waals surface area contributed by atoms with E-state index in [1.165, 1.54) is 6.42 Å². The first-order valence-electron chi connectivity index (χ1n) is 5.48. The first kappa shape index (κ1) is 10.5. The molecule has 0 radical (unpaired) electrons. The van der Waals surface area contributed by atoms with Gasteiger partial charge in [0.25, 0.3) is 0 Å². The van der Waals surface area contributed by atoms with Gasteiger partial charge in [-0.25, -0.2) is 10.2 Å². The standard InChI is InChI=1S/C11H18N2O2/c1-11(2,3)15-10(14)13-12-9-5-7-4-8(7)6-9/h7-8H,4-6H2,1-3H3,(H,13,14). The Hall–Kier alpha value is -1.06. The predicted molar refractivity (Wildman–Crippen MR) is 57.6 cm³/mol. The summed E-state index contributed by atoms with van der Waals surface area (Å²) in [6, 6.07) is 0. The lowest BCUT2D eigenvalue weighted by Gasteiger charge is -2.18. The van der Waals surface area contributed by atoms with Gasteiger partial charge in [0.2, 0.25) is 0 Å². The van der Waals surface area contributed by atoms with Gasteiger partial charge in [-0.1, -0.05) is 0 Å². The van der Waals surface area contributed by atoms with E-state index in [0.717, 1.165) is 30.4 Å². The topological polar surface area (TPSA) is 50.7 Å². The minimum absolute atomic E-state index is 0.456. The van der Waals surface area contributed by atoms with Gasteiger partial charge in [-0.2, -0.15) is 5.10 Å². The molecule has 0 saturated heterocycles. The van der Waals surface area contributed by atoms with Crippen molar-refractivity contribution in [1.29, 1.82) is 0 Å². The smallest absolute Gasteiger partial charge is 0.428 e. The van der Waals surface area contributed by atoms with Crippen molar-refractivity contribution >= 4 is 11.8 Å². The first-order valence-corrected chi connectivity index (χ1v) is 5.48. The summed E-state index contributed by atoms with van der Waals surface area (Å²) in [5.74, 6) is 1.70. The lowest BCUT2D eigenvalue weighted by atomic mass is 10.2. The van der Waals surface area contributed by atoms with Gasteiger partial charge >= 0.3 is 6.09 Å². The lowest BCUT2D eigenvalue weighted by molar-refractivity contribution is 0.0529. The van der Waals surface area contributed by atoms with Crippen LogP contribution in [-0.2, 0) is 4.74 Å². The predicted octanol–water partition coefficient (Wildman–Crippen LogP) is 2.30. The van der Waals surface area contributed by atoms with Crippen molar-refractivity contribution in [3.05, 3.63) is 0 Å². The minimum Gasteiger partial charge on any atom is -0.443 e. The zero-order valence-electron chi connectivity index (χ0n) is 9.54. The van der Waals surface area contributed by atoms with E-state index in [2.05, 4.69) is 10.5 Å².